The summed E-state index contributed by atoms with van der Waals surface area (Å²) in [4.78, 5) is 13.3. The molecule has 0 spiro atoms. The van der Waals surface area contributed by atoms with E-state index in [1.807, 2.05) is 28.8 Å². The molecule has 0 aliphatic carbocycles. The van der Waals surface area contributed by atoms with E-state index in [0.717, 1.165) is 10.2 Å². The monoisotopic (exact) mass is 531 g/mol. The lowest BCUT2D eigenvalue weighted by atomic mass is 10.1. The Morgan fingerprint density at radius 1 is 0.943 bits per heavy atom. The third kappa shape index (κ3) is 3.55. The Hall–Kier alpha value is -4.11. The molecule has 0 saturated carbocycles. The minimum Gasteiger partial charge on any atom is -0.342 e. The van der Waals surface area contributed by atoms with Crippen LogP contribution < -0.4 is 5.56 Å². The molecule has 2 aliphatic rings. The average molecular weight is 532 g/mol. The molecule has 4 aromatic rings. The molecular formula is C26H16BrF2N5O. The first-order chi connectivity index (χ1) is 17.0. The van der Waals surface area contributed by atoms with E-state index in [-0.39, 0.29) is 18.0 Å². The lowest BCUT2D eigenvalue weighted by Crippen LogP contribution is -2.17. The maximum Gasteiger partial charge on any atom is 0.282 e. The number of nitrogens with zero attached hydrogens (tertiary/aromatic N) is 5. The van der Waals surface area contributed by atoms with Gasteiger partial charge in [-0.2, -0.15) is 14.9 Å². The van der Waals surface area contributed by atoms with Gasteiger partial charge in [0.05, 0.1) is 23.3 Å². The minimum atomic E-state index is -0.569. The number of para-hydroxylation sites is 2. The van der Waals surface area contributed by atoms with Gasteiger partial charge >= 0.3 is 0 Å². The zero-order chi connectivity index (χ0) is 24.1. The van der Waals surface area contributed by atoms with E-state index < -0.39 is 11.4 Å². The van der Waals surface area contributed by atoms with Gasteiger partial charge in [0.1, 0.15) is 23.0 Å². The number of hydrogen-bond donors (Lipinski definition) is 0. The molecular weight excluding hydrogens is 516 g/mol. The first-order valence-corrected chi connectivity index (χ1v) is 11.5. The molecule has 6 rings (SSSR count). The molecule has 6 nitrogen and oxygen atoms in total. The lowest BCUT2D eigenvalue weighted by Gasteiger charge is -2.15. The van der Waals surface area contributed by atoms with Crippen molar-refractivity contribution in [2.75, 3.05) is 0 Å². The number of fused-ring (bicyclic) bond motifs is 3. The van der Waals surface area contributed by atoms with Crippen molar-refractivity contribution in [2.45, 2.75) is 6.54 Å². The predicted octanol–water partition coefficient (Wildman–Crippen LogP) is 5.57. The molecule has 172 valence electrons. The molecule has 0 atom stereocenters. The first kappa shape index (κ1) is 21.4. The molecule has 0 N–H and O–H groups in total. The van der Waals surface area contributed by atoms with E-state index in [0.29, 0.717) is 32.4 Å². The summed E-state index contributed by atoms with van der Waals surface area (Å²) in [5.41, 5.74) is 2.18. The Balaban J connectivity index is 1.52. The molecule has 0 fully saturated rings. The Morgan fingerprint density at radius 3 is 2.57 bits per heavy atom. The number of halogens is 3. The van der Waals surface area contributed by atoms with Crippen LogP contribution in [0.1, 0.15) is 5.56 Å². The van der Waals surface area contributed by atoms with Crippen LogP contribution in [0.5, 0.6) is 0 Å². The molecule has 9 heteroatoms. The largest absolute Gasteiger partial charge is 0.342 e. The fourth-order valence-electron chi connectivity index (χ4n) is 4.27. The molecule has 3 heterocycles. The summed E-state index contributed by atoms with van der Waals surface area (Å²) in [5, 5.41) is 9.32. The molecule has 0 bridgehead atoms. The van der Waals surface area contributed by atoms with E-state index in [1.54, 1.807) is 53.6 Å². The van der Waals surface area contributed by atoms with Crippen LogP contribution in [0.2, 0.25) is 0 Å². The van der Waals surface area contributed by atoms with Crippen LogP contribution in [0.3, 0.4) is 0 Å². The standard InChI is InChI=1S/C26H16BrF2N5O/c27-20-6-3-7-21(28)25(20)34-26(35)19-15-32(23-8-2-1-5-18(23)24(19)31-34)14-16-9-10-17(13-22(16)29)33-12-4-11-30-33/h1-13,15H,14H2. The van der Waals surface area contributed by atoms with Gasteiger partial charge in [0.25, 0.3) is 5.56 Å². The van der Waals surface area contributed by atoms with Gasteiger partial charge in [-0.05, 0) is 52.3 Å². The van der Waals surface area contributed by atoms with Gasteiger partial charge in [0, 0.05) is 34.0 Å². The Bertz CT molecular complexity index is 1720. The van der Waals surface area contributed by atoms with Crippen molar-refractivity contribution in [2.24, 2.45) is 0 Å². The summed E-state index contributed by atoms with van der Waals surface area (Å²) >= 11 is 3.32. The summed E-state index contributed by atoms with van der Waals surface area (Å²) in [6, 6.07) is 18.6. The van der Waals surface area contributed by atoms with Crippen LogP contribution in [0, 0.1) is 11.6 Å². The highest BCUT2D eigenvalue weighted by molar-refractivity contribution is 9.10. The van der Waals surface area contributed by atoms with E-state index in [2.05, 4.69) is 26.1 Å². The van der Waals surface area contributed by atoms with Gasteiger partial charge in [-0.15, -0.1) is 0 Å². The van der Waals surface area contributed by atoms with E-state index >= 15 is 4.39 Å². The summed E-state index contributed by atoms with van der Waals surface area (Å²) in [7, 11) is 0. The zero-order valence-electron chi connectivity index (χ0n) is 18.1. The number of hydrogen-bond acceptors (Lipinski definition) is 3. The molecule has 0 unspecified atom stereocenters. The molecule has 0 saturated heterocycles. The SMILES string of the molecule is O=c1c2cn(Cc3ccc(-n4cccn4)cc3F)c3ccccc3c-2nn1-c1c(F)cccc1Br. The average Bonchev–Trinajstić information content (AvgIpc) is 3.50. The smallest absolute Gasteiger partial charge is 0.282 e. The maximum atomic E-state index is 15.1. The van der Waals surface area contributed by atoms with E-state index in [9.17, 15) is 9.18 Å². The Labute approximate surface area is 206 Å². The van der Waals surface area contributed by atoms with Crippen LogP contribution in [-0.2, 0) is 6.54 Å². The highest BCUT2D eigenvalue weighted by atomic mass is 79.9. The molecule has 35 heavy (non-hydrogen) atoms. The van der Waals surface area contributed by atoms with Crippen molar-refractivity contribution in [1.82, 2.24) is 24.1 Å². The quantitative estimate of drug-likeness (QED) is 0.299. The Kier molecular flexibility index (Phi) is 5.07. The van der Waals surface area contributed by atoms with Crippen molar-refractivity contribution < 1.29 is 8.78 Å². The van der Waals surface area contributed by atoms with Crippen LogP contribution in [-0.4, -0.2) is 24.1 Å². The second kappa shape index (κ2) is 8.28. The van der Waals surface area contributed by atoms with Crippen molar-refractivity contribution >= 4 is 26.8 Å². The number of rotatable bonds is 4. The van der Waals surface area contributed by atoms with Crippen LogP contribution >= 0.6 is 15.9 Å². The first-order valence-electron chi connectivity index (χ1n) is 10.7. The maximum absolute atomic E-state index is 15.1. The molecule has 2 aliphatic heterocycles. The fraction of sp³-hybridized carbons (Fsp3) is 0.0385. The van der Waals surface area contributed by atoms with E-state index in [1.165, 1.54) is 12.1 Å². The van der Waals surface area contributed by atoms with Crippen molar-refractivity contribution in [3.05, 3.63) is 117 Å². The second-order valence-corrected chi connectivity index (χ2v) is 8.90. The summed E-state index contributed by atoms with van der Waals surface area (Å²) < 4.78 is 34.6. The van der Waals surface area contributed by atoms with Crippen LogP contribution in [0.4, 0.5) is 8.78 Å². The van der Waals surface area contributed by atoms with Gasteiger partial charge < -0.3 is 4.57 Å². The van der Waals surface area contributed by atoms with Crippen molar-refractivity contribution in [1.29, 1.82) is 0 Å². The summed E-state index contributed by atoms with van der Waals surface area (Å²) in [6.07, 6.45) is 5.02. The summed E-state index contributed by atoms with van der Waals surface area (Å²) in [5.74, 6) is -0.955. The van der Waals surface area contributed by atoms with Gasteiger partial charge in [-0.1, -0.05) is 30.3 Å². The van der Waals surface area contributed by atoms with Gasteiger partial charge in [-0.3, -0.25) is 4.79 Å². The van der Waals surface area contributed by atoms with Crippen molar-refractivity contribution in [3.8, 4) is 22.6 Å². The van der Waals surface area contributed by atoms with E-state index in [4.69, 9.17) is 0 Å². The lowest BCUT2D eigenvalue weighted by molar-refractivity contribution is 0.599. The molecule has 0 radical (unpaired) electrons. The predicted molar refractivity (Wildman–Crippen MR) is 132 cm³/mol. The Morgan fingerprint density at radius 2 is 1.80 bits per heavy atom. The fourth-order valence-corrected chi connectivity index (χ4v) is 4.78. The van der Waals surface area contributed by atoms with Crippen molar-refractivity contribution in [3.63, 3.8) is 0 Å². The number of pyridine rings is 1. The van der Waals surface area contributed by atoms with Gasteiger partial charge in [-0.25, -0.2) is 13.5 Å². The molecule has 0 amide bonds. The number of aromatic nitrogens is 5. The third-order valence-corrected chi connectivity index (χ3v) is 6.57. The van der Waals surface area contributed by atoms with Gasteiger partial charge in [0.2, 0.25) is 0 Å². The summed E-state index contributed by atoms with van der Waals surface area (Å²) in [6.45, 7) is 0.190. The highest BCUT2D eigenvalue weighted by Crippen LogP contribution is 2.31. The van der Waals surface area contributed by atoms with Crippen LogP contribution in [0.15, 0.2) is 94.6 Å². The second-order valence-electron chi connectivity index (χ2n) is 8.05. The van der Waals surface area contributed by atoms with Crippen LogP contribution in [0.25, 0.3) is 33.5 Å². The highest BCUT2D eigenvalue weighted by Gasteiger charge is 2.23. The normalized spacial score (nSPS) is 11.5. The third-order valence-electron chi connectivity index (χ3n) is 5.93. The zero-order valence-corrected chi connectivity index (χ0v) is 19.7. The topological polar surface area (TPSA) is 57.6 Å². The molecule has 1 aromatic heterocycles. The number of benzene rings is 3. The van der Waals surface area contributed by atoms with Gasteiger partial charge in [0.15, 0.2) is 0 Å². The minimum absolute atomic E-state index is 0.0459. The molecule has 3 aromatic carbocycles.